The van der Waals surface area contributed by atoms with Crippen LogP contribution < -0.4 is 11.0 Å². The van der Waals surface area contributed by atoms with Crippen molar-refractivity contribution in [2.45, 2.75) is 6.92 Å². The molecule has 7 heteroatoms. The lowest BCUT2D eigenvalue weighted by Crippen LogP contribution is -2.19. The van der Waals surface area contributed by atoms with E-state index in [1.54, 1.807) is 55.9 Å². The number of pyridine rings is 1. The predicted molar refractivity (Wildman–Crippen MR) is 103 cm³/mol. The number of benzene rings is 2. The van der Waals surface area contributed by atoms with Crippen LogP contribution in [-0.4, -0.2) is 20.0 Å². The lowest BCUT2D eigenvalue weighted by molar-refractivity contribution is 0.102. The summed E-state index contributed by atoms with van der Waals surface area (Å²) in [6, 6.07) is 11.1. The summed E-state index contributed by atoms with van der Waals surface area (Å²) in [6.45, 7) is 1.76. The van der Waals surface area contributed by atoms with Crippen molar-refractivity contribution in [2.75, 3.05) is 5.32 Å². The average molecular weight is 364 g/mol. The SMILES string of the molecule is Cc1cc(C(=O)Nc2ccc3c(c2)n(C)c(=O)n3C)c2ccc(F)cc2n1. The van der Waals surface area contributed by atoms with Crippen molar-refractivity contribution in [1.82, 2.24) is 14.1 Å². The predicted octanol–water partition coefficient (Wildman–Crippen LogP) is 3.13. The van der Waals surface area contributed by atoms with Gasteiger partial charge in [0.25, 0.3) is 5.91 Å². The maximum atomic E-state index is 13.5. The van der Waals surface area contributed by atoms with Gasteiger partial charge < -0.3 is 5.32 Å². The Bertz CT molecular complexity index is 1280. The van der Waals surface area contributed by atoms with E-state index in [2.05, 4.69) is 10.3 Å². The zero-order chi connectivity index (χ0) is 19.3. The number of rotatable bonds is 2. The Labute approximate surface area is 153 Å². The number of fused-ring (bicyclic) bond motifs is 2. The first-order valence-electron chi connectivity index (χ1n) is 8.39. The fourth-order valence-corrected chi connectivity index (χ4v) is 3.30. The fraction of sp³-hybridized carbons (Fsp3) is 0.150. The van der Waals surface area contributed by atoms with E-state index in [1.165, 1.54) is 16.7 Å². The topological polar surface area (TPSA) is 68.9 Å². The second-order valence-corrected chi connectivity index (χ2v) is 6.53. The molecule has 0 spiro atoms. The molecule has 2 aromatic heterocycles. The van der Waals surface area contributed by atoms with Crippen LogP contribution in [0.5, 0.6) is 0 Å². The summed E-state index contributed by atoms with van der Waals surface area (Å²) in [5.74, 6) is -0.722. The number of imidazole rings is 1. The second kappa shape index (κ2) is 6.05. The average Bonchev–Trinajstić information content (AvgIpc) is 2.84. The summed E-state index contributed by atoms with van der Waals surface area (Å²) in [4.78, 5) is 29.2. The molecule has 4 rings (SSSR count). The number of nitrogens with zero attached hydrogens (tertiary/aromatic N) is 3. The molecule has 0 atom stereocenters. The van der Waals surface area contributed by atoms with Crippen molar-refractivity contribution < 1.29 is 9.18 Å². The van der Waals surface area contributed by atoms with Gasteiger partial charge in [0.2, 0.25) is 0 Å². The molecule has 2 aromatic carbocycles. The minimum Gasteiger partial charge on any atom is -0.322 e. The molecule has 2 heterocycles. The summed E-state index contributed by atoms with van der Waals surface area (Å²) < 4.78 is 16.6. The second-order valence-electron chi connectivity index (χ2n) is 6.53. The Hall–Kier alpha value is -3.48. The van der Waals surface area contributed by atoms with Crippen LogP contribution in [0.1, 0.15) is 16.1 Å². The highest BCUT2D eigenvalue weighted by molar-refractivity contribution is 6.12. The number of amides is 1. The van der Waals surface area contributed by atoms with Gasteiger partial charge in [-0.15, -0.1) is 0 Å². The summed E-state index contributed by atoms with van der Waals surface area (Å²) in [7, 11) is 3.39. The molecule has 0 aliphatic heterocycles. The third-order valence-corrected chi connectivity index (χ3v) is 4.67. The first kappa shape index (κ1) is 17.0. The van der Waals surface area contributed by atoms with Gasteiger partial charge in [0.15, 0.2) is 0 Å². The maximum absolute atomic E-state index is 13.5. The van der Waals surface area contributed by atoms with Crippen molar-refractivity contribution >= 4 is 33.5 Å². The number of hydrogen-bond acceptors (Lipinski definition) is 3. The van der Waals surface area contributed by atoms with Crippen LogP contribution in [0.4, 0.5) is 10.1 Å². The molecular formula is C20H17FN4O2. The van der Waals surface area contributed by atoms with E-state index in [4.69, 9.17) is 0 Å². The highest BCUT2D eigenvalue weighted by atomic mass is 19.1. The van der Waals surface area contributed by atoms with Crippen molar-refractivity contribution in [1.29, 1.82) is 0 Å². The molecule has 0 fully saturated rings. The summed E-state index contributed by atoms with van der Waals surface area (Å²) >= 11 is 0. The number of halogens is 1. The van der Waals surface area contributed by atoms with Crippen LogP contribution in [0.3, 0.4) is 0 Å². The van der Waals surface area contributed by atoms with Gasteiger partial charge in [-0.2, -0.15) is 0 Å². The number of carbonyl (C=O) groups excluding carboxylic acids is 1. The van der Waals surface area contributed by atoms with Gasteiger partial charge in [-0.05, 0) is 43.3 Å². The van der Waals surface area contributed by atoms with Crippen molar-refractivity contribution in [3.05, 3.63) is 70.0 Å². The highest BCUT2D eigenvalue weighted by Crippen LogP contribution is 2.22. The first-order chi connectivity index (χ1) is 12.8. The quantitative estimate of drug-likeness (QED) is 0.594. The van der Waals surface area contributed by atoms with Crippen LogP contribution in [0.2, 0.25) is 0 Å². The molecular weight excluding hydrogens is 347 g/mol. The molecule has 27 heavy (non-hydrogen) atoms. The van der Waals surface area contributed by atoms with E-state index in [9.17, 15) is 14.0 Å². The third kappa shape index (κ3) is 2.77. The van der Waals surface area contributed by atoms with Crippen LogP contribution in [0.15, 0.2) is 47.3 Å². The first-order valence-corrected chi connectivity index (χ1v) is 8.39. The van der Waals surface area contributed by atoms with E-state index in [1.807, 2.05) is 0 Å². The Kier molecular flexibility index (Phi) is 3.80. The van der Waals surface area contributed by atoms with Crippen molar-refractivity contribution in [2.24, 2.45) is 14.1 Å². The van der Waals surface area contributed by atoms with Gasteiger partial charge in [0.05, 0.1) is 22.1 Å². The number of aryl methyl sites for hydroxylation is 3. The number of carbonyl (C=O) groups is 1. The fourth-order valence-electron chi connectivity index (χ4n) is 3.30. The molecule has 0 bridgehead atoms. The molecule has 4 aromatic rings. The maximum Gasteiger partial charge on any atom is 0.328 e. The van der Waals surface area contributed by atoms with E-state index in [0.717, 1.165) is 11.0 Å². The lowest BCUT2D eigenvalue weighted by atomic mass is 10.1. The zero-order valence-electron chi connectivity index (χ0n) is 15.1. The van der Waals surface area contributed by atoms with Gasteiger partial charge in [0, 0.05) is 36.9 Å². The largest absolute Gasteiger partial charge is 0.328 e. The number of aromatic nitrogens is 3. The van der Waals surface area contributed by atoms with Crippen molar-refractivity contribution in [3.63, 3.8) is 0 Å². The molecule has 0 saturated heterocycles. The molecule has 0 unspecified atom stereocenters. The monoisotopic (exact) mass is 364 g/mol. The molecule has 0 aliphatic rings. The lowest BCUT2D eigenvalue weighted by Gasteiger charge is -2.10. The van der Waals surface area contributed by atoms with Gasteiger partial charge in [-0.3, -0.25) is 18.9 Å². The Balaban J connectivity index is 1.77. The van der Waals surface area contributed by atoms with Crippen LogP contribution in [0.25, 0.3) is 21.9 Å². The van der Waals surface area contributed by atoms with Crippen LogP contribution >= 0.6 is 0 Å². The summed E-state index contributed by atoms with van der Waals surface area (Å²) in [5, 5.41) is 3.43. The van der Waals surface area contributed by atoms with Gasteiger partial charge in [0.1, 0.15) is 5.82 Å². The normalized spacial score (nSPS) is 11.3. The van der Waals surface area contributed by atoms with E-state index in [-0.39, 0.29) is 11.6 Å². The van der Waals surface area contributed by atoms with Crippen LogP contribution in [-0.2, 0) is 14.1 Å². The minimum atomic E-state index is -0.401. The summed E-state index contributed by atoms with van der Waals surface area (Å²) in [5.41, 5.74) is 3.41. The minimum absolute atomic E-state index is 0.133. The van der Waals surface area contributed by atoms with E-state index in [0.29, 0.717) is 27.8 Å². The van der Waals surface area contributed by atoms with Gasteiger partial charge in [-0.25, -0.2) is 9.18 Å². The molecule has 0 radical (unpaired) electrons. The number of hydrogen-bond donors (Lipinski definition) is 1. The molecule has 6 nitrogen and oxygen atoms in total. The zero-order valence-corrected chi connectivity index (χ0v) is 15.1. The molecule has 0 aliphatic carbocycles. The smallest absolute Gasteiger partial charge is 0.322 e. The van der Waals surface area contributed by atoms with Gasteiger partial charge in [-0.1, -0.05) is 0 Å². The molecule has 1 amide bonds. The number of anilines is 1. The molecule has 136 valence electrons. The molecule has 0 saturated carbocycles. The standard InChI is InChI=1S/C20H17FN4O2/c1-11-8-15(14-6-4-12(21)9-16(14)22-11)19(26)23-13-5-7-17-18(10-13)25(3)20(27)24(17)2/h4-10H,1-3H3,(H,23,26). The third-order valence-electron chi connectivity index (χ3n) is 4.67. The molecule has 1 N–H and O–H groups in total. The highest BCUT2D eigenvalue weighted by Gasteiger charge is 2.14. The summed E-state index contributed by atoms with van der Waals surface area (Å²) in [6.07, 6.45) is 0. The Morgan fingerprint density at radius 3 is 2.56 bits per heavy atom. The van der Waals surface area contributed by atoms with E-state index >= 15 is 0 Å². The Morgan fingerprint density at radius 1 is 1.04 bits per heavy atom. The Morgan fingerprint density at radius 2 is 1.78 bits per heavy atom. The van der Waals surface area contributed by atoms with Crippen molar-refractivity contribution in [3.8, 4) is 0 Å². The van der Waals surface area contributed by atoms with Gasteiger partial charge >= 0.3 is 5.69 Å². The van der Waals surface area contributed by atoms with E-state index < -0.39 is 5.82 Å². The van der Waals surface area contributed by atoms with Crippen LogP contribution in [0, 0.1) is 12.7 Å². The number of nitrogens with one attached hydrogen (secondary N) is 1.